The first kappa shape index (κ1) is 24.9. The Kier molecular flexibility index (Phi) is 8.41. The molecule has 0 radical (unpaired) electrons. The van der Waals surface area contributed by atoms with Crippen molar-refractivity contribution < 1.29 is 28.6 Å². The first-order valence-electron chi connectivity index (χ1n) is 10.5. The SMILES string of the molecule is CCOC(=O)[C@H](Cc1ccc(-c2ccccc2OC)c(C(C)=O)c1)NC(=O)OC(C)(C)C. The van der Waals surface area contributed by atoms with Gasteiger partial charge in [-0.25, -0.2) is 9.59 Å². The van der Waals surface area contributed by atoms with Crippen molar-refractivity contribution in [3.05, 3.63) is 53.6 Å². The van der Waals surface area contributed by atoms with Gasteiger partial charge in [-0.1, -0.05) is 30.3 Å². The Morgan fingerprint density at radius 3 is 2.31 bits per heavy atom. The van der Waals surface area contributed by atoms with Crippen molar-refractivity contribution in [1.82, 2.24) is 5.32 Å². The molecule has 0 spiro atoms. The van der Waals surface area contributed by atoms with E-state index in [1.807, 2.05) is 36.4 Å². The third kappa shape index (κ3) is 6.83. The van der Waals surface area contributed by atoms with Crippen LogP contribution in [0.2, 0.25) is 0 Å². The van der Waals surface area contributed by atoms with Crippen LogP contribution in [-0.4, -0.2) is 43.2 Å². The van der Waals surface area contributed by atoms with Crippen LogP contribution in [0.5, 0.6) is 5.75 Å². The molecule has 0 aliphatic carbocycles. The molecule has 1 atom stereocenters. The van der Waals surface area contributed by atoms with Gasteiger partial charge in [0.15, 0.2) is 5.78 Å². The van der Waals surface area contributed by atoms with Gasteiger partial charge in [0.1, 0.15) is 17.4 Å². The highest BCUT2D eigenvalue weighted by Crippen LogP contribution is 2.33. The fraction of sp³-hybridized carbons (Fsp3) is 0.400. The molecule has 2 aromatic carbocycles. The maximum Gasteiger partial charge on any atom is 0.408 e. The summed E-state index contributed by atoms with van der Waals surface area (Å²) in [6.45, 7) is 8.57. The Labute approximate surface area is 189 Å². The summed E-state index contributed by atoms with van der Waals surface area (Å²) in [5.74, 6) is -0.0455. The Morgan fingerprint density at radius 2 is 1.72 bits per heavy atom. The number of alkyl carbamates (subject to hydrolysis) is 1. The van der Waals surface area contributed by atoms with E-state index in [2.05, 4.69) is 5.32 Å². The Bertz CT molecular complexity index is 977. The van der Waals surface area contributed by atoms with E-state index < -0.39 is 23.7 Å². The van der Waals surface area contributed by atoms with Crippen LogP contribution in [0.25, 0.3) is 11.1 Å². The number of amides is 1. The molecule has 1 amide bonds. The van der Waals surface area contributed by atoms with Gasteiger partial charge in [-0.2, -0.15) is 0 Å². The summed E-state index contributed by atoms with van der Waals surface area (Å²) in [5.41, 5.74) is 2.00. The van der Waals surface area contributed by atoms with Crippen LogP contribution in [-0.2, 0) is 20.7 Å². The largest absolute Gasteiger partial charge is 0.496 e. The maximum absolute atomic E-state index is 12.5. The van der Waals surface area contributed by atoms with Crippen LogP contribution in [0.4, 0.5) is 4.79 Å². The topological polar surface area (TPSA) is 90.9 Å². The first-order valence-corrected chi connectivity index (χ1v) is 10.5. The number of carbonyl (C=O) groups is 3. The van der Waals surface area contributed by atoms with E-state index in [4.69, 9.17) is 14.2 Å². The third-order valence-corrected chi connectivity index (χ3v) is 4.56. The van der Waals surface area contributed by atoms with E-state index in [1.165, 1.54) is 6.92 Å². The first-order chi connectivity index (χ1) is 15.1. The van der Waals surface area contributed by atoms with Crippen molar-refractivity contribution in [2.75, 3.05) is 13.7 Å². The van der Waals surface area contributed by atoms with Gasteiger partial charge in [-0.05, 0) is 57.9 Å². The number of hydrogen-bond acceptors (Lipinski definition) is 6. The minimum Gasteiger partial charge on any atom is -0.496 e. The number of carbonyl (C=O) groups excluding carboxylic acids is 3. The Balaban J connectivity index is 2.37. The molecular weight excluding hydrogens is 410 g/mol. The number of rotatable bonds is 8. The zero-order valence-electron chi connectivity index (χ0n) is 19.5. The van der Waals surface area contributed by atoms with E-state index in [0.717, 1.165) is 11.1 Å². The van der Waals surface area contributed by atoms with Gasteiger partial charge in [0.2, 0.25) is 0 Å². The van der Waals surface area contributed by atoms with Crippen LogP contribution in [0.15, 0.2) is 42.5 Å². The molecule has 0 aliphatic heterocycles. The predicted octanol–water partition coefficient (Wildman–Crippen LogP) is 4.56. The molecule has 0 aliphatic rings. The second-order valence-corrected chi connectivity index (χ2v) is 8.29. The van der Waals surface area contributed by atoms with E-state index in [0.29, 0.717) is 16.9 Å². The van der Waals surface area contributed by atoms with Crippen molar-refractivity contribution in [2.45, 2.75) is 52.7 Å². The average Bonchev–Trinajstić information content (AvgIpc) is 2.72. The zero-order valence-corrected chi connectivity index (χ0v) is 19.5. The average molecular weight is 442 g/mol. The van der Waals surface area contributed by atoms with Gasteiger partial charge < -0.3 is 19.5 Å². The number of benzene rings is 2. The van der Waals surface area contributed by atoms with E-state index in [1.54, 1.807) is 40.9 Å². The molecule has 2 rings (SSSR count). The van der Waals surface area contributed by atoms with Crippen LogP contribution in [0, 0.1) is 0 Å². The standard InChI is InChI=1S/C25H31NO6/c1-7-31-23(28)21(26-24(29)32-25(3,4)5)15-17-12-13-18(20(14-17)16(2)27)19-10-8-9-11-22(19)30-6/h8-14,21H,7,15H2,1-6H3,(H,26,29)/t21-/m0/s1. The monoisotopic (exact) mass is 441 g/mol. The van der Waals surface area contributed by atoms with Crippen LogP contribution >= 0.6 is 0 Å². The minimum atomic E-state index is -0.957. The molecule has 2 aromatic rings. The predicted molar refractivity (Wildman–Crippen MR) is 122 cm³/mol. The molecule has 0 saturated carbocycles. The number of ketones is 1. The molecule has 1 N–H and O–H groups in total. The second kappa shape index (κ2) is 10.8. The highest BCUT2D eigenvalue weighted by atomic mass is 16.6. The van der Waals surface area contributed by atoms with Gasteiger partial charge >= 0.3 is 12.1 Å². The smallest absolute Gasteiger partial charge is 0.408 e. The number of esters is 1. The Morgan fingerprint density at radius 1 is 1.03 bits per heavy atom. The zero-order chi connectivity index (χ0) is 23.9. The van der Waals surface area contributed by atoms with Crippen LogP contribution < -0.4 is 10.1 Å². The molecule has 0 unspecified atom stereocenters. The highest BCUT2D eigenvalue weighted by Gasteiger charge is 2.26. The quantitative estimate of drug-likeness (QED) is 0.477. The molecule has 0 aromatic heterocycles. The van der Waals surface area contributed by atoms with Crippen molar-refractivity contribution in [3.8, 4) is 16.9 Å². The lowest BCUT2D eigenvalue weighted by Gasteiger charge is -2.23. The molecule has 0 saturated heterocycles. The number of nitrogens with one attached hydrogen (secondary N) is 1. The summed E-state index contributed by atoms with van der Waals surface area (Å²) in [6.07, 6.45) is -0.571. The fourth-order valence-electron chi connectivity index (χ4n) is 3.23. The lowest BCUT2D eigenvalue weighted by atomic mass is 9.93. The van der Waals surface area contributed by atoms with Crippen LogP contribution in [0.3, 0.4) is 0 Å². The highest BCUT2D eigenvalue weighted by molar-refractivity contribution is 6.01. The lowest BCUT2D eigenvalue weighted by molar-refractivity contribution is -0.145. The van der Waals surface area contributed by atoms with Crippen molar-refractivity contribution in [3.63, 3.8) is 0 Å². The van der Waals surface area contributed by atoms with Crippen LogP contribution in [0.1, 0.15) is 50.5 Å². The summed E-state index contributed by atoms with van der Waals surface area (Å²) in [5, 5.41) is 2.58. The molecule has 32 heavy (non-hydrogen) atoms. The molecule has 172 valence electrons. The molecule has 7 heteroatoms. The van der Waals surface area contributed by atoms with Gasteiger partial charge in [0, 0.05) is 17.5 Å². The number of Topliss-reactive ketones (excluding diaryl/α,β-unsaturated/α-hetero) is 1. The van der Waals surface area contributed by atoms with Gasteiger partial charge in [0.05, 0.1) is 13.7 Å². The molecule has 0 fully saturated rings. The summed E-state index contributed by atoms with van der Waals surface area (Å²) in [6, 6.07) is 11.8. The summed E-state index contributed by atoms with van der Waals surface area (Å²) in [4.78, 5) is 37.1. The summed E-state index contributed by atoms with van der Waals surface area (Å²) in [7, 11) is 1.58. The third-order valence-electron chi connectivity index (χ3n) is 4.56. The maximum atomic E-state index is 12.5. The molecule has 0 bridgehead atoms. The second-order valence-electron chi connectivity index (χ2n) is 8.29. The molecular formula is C25H31NO6. The molecule has 0 heterocycles. The summed E-state index contributed by atoms with van der Waals surface area (Å²) < 4.78 is 15.8. The lowest BCUT2D eigenvalue weighted by Crippen LogP contribution is -2.45. The van der Waals surface area contributed by atoms with E-state index >= 15 is 0 Å². The normalized spacial score (nSPS) is 11.9. The Hall–Kier alpha value is -3.35. The van der Waals surface area contributed by atoms with Gasteiger partial charge in [0.25, 0.3) is 0 Å². The number of ether oxygens (including phenoxy) is 3. The number of hydrogen-bond donors (Lipinski definition) is 1. The summed E-state index contributed by atoms with van der Waals surface area (Å²) >= 11 is 0. The fourth-order valence-corrected chi connectivity index (χ4v) is 3.23. The number of para-hydroxylation sites is 1. The van der Waals surface area contributed by atoms with Crippen molar-refractivity contribution >= 4 is 17.8 Å². The van der Waals surface area contributed by atoms with Gasteiger partial charge in [-0.15, -0.1) is 0 Å². The molecule has 7 nitrogen and oxygen atoms in total. The van der Waals surface area contributed by atoms with Crippen molar-refractivity contribution in [1.29, 1.82) is 0 Å². The number of methoxy groups -OCH3 is 1. The van der Waals surface area contributed by atoms with Crippen molar-refractivity contribution in [2.24, 2.45) is 0 Å². The van der Waals surface area contributed by atoms with E-state index in [9.17, 15) is 14.4 Å². The van der Waals surface area contributed by atoms with Gasteiger partial charge in [-0.3, -0.25) is 4.79 Å². The van der Waals surface area contributed by atoms with E-state index in [-0.39, 0.29) is 18.8 Å². The minimum absolute atomic E-state index is 0.124.